The fourth-order valence-electron chi connectivity index (χ4n) is 4.04. The maximum absolute atomic E-state index is 12.1. The lowest BCUT2D eigenvalue weighted by molar-refractivity contribution is -0.120. The third kappa shape index (κ3) is 2.91. The molecule has 1 unspecified atom stereocenters. The molecule has 1 spiro atoms. The Morgan fingerprint density at radius 3 is 2.91 bits per heavy atom. The fourth-order valence-corrected chi connectivity index (χ4v) is 4.70. The van der Waals surface area contributed by atoms with Crippen LogP contribution in [0.5, 0.6) is 0 Å². The van der Waals surface area contributed by atoms with Crippen molar-refractivity contribution in [2.75, 3.05) is 13.1 Å². The molecule has 0 bridgehead atoms. The minimum atomic E-state index is -0.0781. The smallest absolute Gasteiger partial charge is 0.221 e. The highest BCUT2D eigenvalue weighted by Crippen LogP contribution is 2.43. The van der Waals surface area contributed by atoms with Gasteiger partial charge in [-0.05, 0) is 46.9 Å². The molecule has 120 valence electrons. The number of nitrogens with one attached hydrogen (secondary N) is 1. The number of nitrogens with zero attached hydrogens (tertiary/aromatic N) is 2. The van der Waals surface area contributed by atoms with Crippen molar-refractivity contribution in [3.8, 4) is 0 Å². The van der Waals surface area contributed by atoms with Crippen molar-refractivity contribution in [1.29, 1.82) is 0 Å². The predicted octanol–water partition coefficient (Wildman–Crippen LogP) is 2.78. The number of likely N-dealkylation sites (tertiary alicyclic amines) is 1. The number of hydrogen-bond donors (Lipinski definition) is 1. The van der Waals surface area contributed by atoms with Gasteiger partial charge in [0.05, 0.1) is 0 Å². The van der Waals surface area contributed by atoms with Gasteiger partial charge in [-0.3, -0.25) is 14.7 Å². The Morgan fingerprint density at radius 1 is 1.35 bits per heavy atom. The molecule has 4 rings (SSSR count). The monoisotopic (exact) mass is 327 g/mol. The minimum Gasteiger partial charge on any atom is -0.350 e. The summed E-state index contributed by atoms with van der Waals surface area (Å²) in [5, 5.41) is 7.66. The lowest BCUT2D eigenvalue weighted by atomic mass is 9.74. The van der Waals surface area contributed by atoms with E-state index in [0.717, 1.165) is 32.5 Å². The zero-order valence-electron chi connectivity index (χ0n) is 13.1. The second-order valence-electron chi connectivity index (χ2n) is 6.66. The van der Waals surface area contributed by atoms with E-state index >= 15 is 0 Å². The standard InChI is InChI=1S/C18H21N3OS/c22-17-10-16(15-2-1-6-19-11-15)18(20-17)4-7-21(8-5-18)12-14-3-9-23-13-14/h1-3,6,9,11,13,16H,4-5,7-8,10,12H2,(H,20,22). The molecular formula is C18H21N3OS. The number of thiophene rings is 1. The maximum atomic E-state index is 12.1. The third-order valence-electron chi connectivity index (χ3n) is 5.27. The Balaban J connectivity index is 1.49. The van der Waals surface area contributed by atoms with Gasteiger partial charge in [0.1, 0.15) is 0 Å². The fraction of sp³-hybridized carbons (Fsp3) is 0.444. The molecule has 0 saturated carbocycles. The number of hydrogen-bond acceptors (Lipinski definition) is 4. The van der Waals surface area contributed by atoms with Crippen LogP contribution in [0.3, 0.4) is 0 Å². The van der Waals surface area contributed by atoms with E-state index in [0.29, 0.717) is 6.42 Å². The molecule has 2 saturated heterocycles. The normalized spacial score (nSPS) is 24.0. The largest absolute Gasteiger partial charge is 0.350 e. The van der Waals surface area contributed by atoms with E-state index in [9.17, 15) is 4.79 Å². The van der Waals surface area contributed by atoms with Gasteiger partial charge in [0.25, 0.3) is 0 Å². The Labute approximate surface area is 140 Å². The molecule has 0 radical (unpaired) electrons. The van der Waals surface area contributed by atoms with Crippen LogP contribution in [0.15, 0.2) is 41.4 Å². The number of rotatable bonds is 3. The molecule has 2 fully saturated rings. The summed E-state index contributed by atoms with van der Waals surface area (Å²) in [7, 11) is 0. The van der Waals surface area contributed by atoms with Crippen LogP contribution in [0, 0.1) is 0 Å². The van der Waals surface area contributed by atoms with Crippen molar-refractivity contribution in [3.05, 3.63) is 52.5 Å². The van der Waals surface area contributed by atoms with Gasteiger partial charge >= 0.3 is 0 Å². The van der Waals surface area contributed by atoms with Gasteiger partial charge in [-0.15, -0.1) is 0 Å². The van der Waals surface area contributed by atoms with E-state index in [4.69, 9.17) is 0 Å². The van der Waals surface area contributed by atoms with Crippen LogP contribution in [-0.4, -0.2) is 34.4 Å². The zero-order chi connectivity index (χ0) is 15.7. The Hall–Kier alpha value is -1.72. The molecule has 2 aliphatic heterocycles. The van der Waals surface area contributed by atoms with Gasteiger partial charge in [-0.2, -0.15) is 11.3 Å². The summed E-state index contributed by atoms with van der Waals surface area (Å²) in [6.07, 6.45) is 6.34. The van der Waals surface area contributed by atoms with Crippen LogP contribution in [0.4, 0.5) is 0 Å². The van der Waals surface area contributed by atoms with Gasteiger partial charge in [0.15, 0.2) is 0 Å². The molecule has 1 amide bonds. The number of piperidine rings is 1. The summed E-state index contributed by atoms with van der Waals surface area (Å²) in [6, 6.07) is 6.28. The topological polar surface area (TPSA) is 45.2 Å². The van der Waals surface area contributed by atoms with Crippen molar-refractivity contribution in [2.45, 2.75) is 37.3 Å². The van der Waals surface area contributed by atoms with Crippen molar-refractivity contribution in [3.63, 3.8) is 0 Å². The van der Waals surface area contributed by atoms with Gasteiger partial charge in [0, 0.05) is 49.9 Å². The average Bonchev–Trinajstić information content (AvgIpc) is 3.19. The molecule has 4 nitrogen and oxygen atoms in total. The molecule has 2 aromatic heterocycles. The number of carbonyl (C=O) groups is 1. The highest BCUT2D eigenvalue weighted by molar-refractivity contribution is 7.07. The van der Waals surface area contributed by atoms with Crippen LogP contribution >= 0.6 is 11.3 Å². The highest BCUT2D eigenvalue weighted by Gasteiger charge is 2.48. The lowest BCUT2D eigenvalue weighted by Gasteiger charge is -2.42. The molecule has 5 heteroatoms. The molecule has 2 aromatic rings. The quantitative estimate of drug-likeness (QED) is 0.943. The van der Waals surface area contributed by atoms with Gasteiger partial charge in [-0.25, -0.2) is 0 Å². The summed E-state index contributed by atoms with van der Waals surface area (Å²) >= 11 is 1.75. The number of amides is 1. The van der Waals surface area contributed by atoms with E-state index in [1.165, 1.54) is 11.1 Å². The first-order chi connectivity index (χ1) is 11.3. The number of carbonyl (C=O) groups excluding carboxylic acids is 1. The van der Waals surface area contributed by atoms with E-state index in [2.05, 4.69) is 38.1 Å². The second-order valence-corrected chi connectivity index (χ2v) is 7.44. The van der Waals surface area contributed by atoms with Crippen molar-refractivity contribution >= 4 is 17.2 Å². The Morgan fingerprint density at radius 2 is 2.22 bits per heavy atom. The Kier molecular flexibility index (Phi) is 3.91. The van der Waals surface area contributed by atoms with Crippen molar-refractivity contribution in [2.24, 2.45) is 0 Å². The van der Waals surface area contributed by atoms with Crippen LogP contribution in [0.25, 0.3) is 0 Å². The summed E-state index contributed by atoms with van der Waals surface area (Å²) in [4.78, 5) is 18.8. The first-order valence-electron chi connectivity index (χ1n) is 8.20. The number of pyridine rings is 1. The average molecular weight is 327 g/mol. The van der Waals surface area contributed by atoms with E-state index < -0.39 is 0 Å². The molecule has 4 heterocycles. The second kappa shape index (κ2) is 6.06. The van der Waals surface area contributed by atoms with Crippen molar-refractivity contribution in [1.82, 2.24) is 15.2 Å². The summed E-state index contributed by atoms with van der Waals surface area (Å²) in [5.74, 6) is 0.442. The summed E-state index contributed by atoms with van der Waals surface area (Å²) in [5.41, 5.74) is 2.51. The molecule has 0 aliphatic carbocycles. The predicted molar refractivity (Wildman–Crippen MR) is 91.3 cm³/mol. The molecular weight excluding hydrogens is 306 g/mol. The SMILES string of the molecule is O=C1CC(c2cccnc2)C2(CCN(Cc3ccsc3)CC2)N1. The zero-order valence-corrected chi connectivity index (χ0v) is 13.9. The van der Waals surface area contributed by atoms with E-state index in [1.807, 2.05) is 12.3 Å². The summed E-state index contributed by atoms with van der Waals surface area (Å²) in [6.45, 7) is 3.09. The molecule has 2 aliphatic rings. The lowest BCUT2D eigenvalue weighted by Crippen LogP contribution is -2.53. The molecule has 1 atom stereocenters. The van der Waals surface area contributed by atoms with Crippen LogP contribution < -0.4 is 5.32 Å². The molecule has 23 heavy (non-hydrogen) atoms. The Bertz CT molecular complexity index is 663. The maximum Gasteiger partial charge on any atom is 0.221 e. The molecule has 0 aromatic carbocycles. The van der Waals surface area contributed by atoms with Gasteiger partial charge in [-0.1, -0.05) is 6.07 Å². The van der Waals surface area contributed by atoms with Gasteiger partial charge < -0.3 is 5.32 Å². The number of aromatic nitrogens is 1. The molecule has 1 N–H and O–H groups in total. The van der Waals surface area contributed by atoms with E-state index in [1.54, 1.807) is 17.5 Å². The van der Waals surface area contributed by atoms with Crippen LogP contribution in [-0.2, 0) is 11.3 Å². The van der Waals surface area contributed by atoms with E-state index in [-0.39, 0.29) is 17.4 Å². The first kappa shape index (κ1) is 14.8. The van der Waals surface area contributed by atoms with Gasteiger partial charge in [0.2, 0.25) is 5.91 Å². The first-order valence-corrected chi connectivity index (χ1v) is 9.14. The minimum absolute atomic E-state index is 0.0781. The van der Waals surface area contributed by atoms with Crippen LogP contribution in [0.1, 0.15) is 36.3 Å². The van der Waals surface area contributed by atoms with Crippen molar-refractivity contribution < 1.29 is 4.79 Å². The highest BCUT2D eigenvalue weighted by atomic mass is 32.1. The third-order valence-corrected chi connectivity index (χ3v) is 6.00. The summed E-state index contributed by atoms with van der Waals surface area (Å²) < 4.78 is 0. The van der Waals surface area contributed by atoms with Crippen LogP contribution in [0.2, 0.25) is 0 Å².